The van der Waals surface area contributed by atoms with Gasteiger partial charge in [-0.05, 0) is 89.3 Å². The van der Waals surface area contributed by atoms with Crippen molar-refractivity contribution in [1.29, 1.82) is 0 Å². The number of benzene rings is 2. The van der Waals surface area contributed by atoms with Crippen LogP contribution in [0.1, 0.15) is 81.4 Å². The number of carbonyl (C=O) groups is 2. The molecule has 0 radical (unpaired) electrons. The Morgan fingerprint density at radius 3 is 2.35 bits per heavy atom. The van der Waals surface area contributed by atoms with Crippen molar-refractivity contribution in [1.82, 2.24) is 25.5 Å². The first-order valence-corrected chi connectivity index (χ1v) is 16.0. The molecule has 0 aliphatic heterocycles. The third-order valence-corrected chi connectivity index (χ3v) is 7.88. The number of ether oxygens (including phenoxy) is 1. The monoisotopic (exact) mass is 653 g/mol. The summed E-state index contributed by atoms with van der Waals surface area (Å²) in [4.78, 5) is 35.3. The number of aryl methyl sites for hydroxylation is 1. The van der Waals surface area contributed by atoms with Crippen molar-refractivity contribution in [2.75, 3.05) is 0 Å². The van der Waals surface area contributed by atoms with Crippen molar-refractivity contribution in [3.8, 4) is 22.9 Å². The first-order valence-electron chi connectivity index (χ1n) is 16.0. The average molecular weight is 654 g/mol. The minimum absolute atomic E-state index is 0.0751. The van der Waals surface area contributed by atoms with Crippen molar-refractivity contribution in [3.05, 3.63) is 108 Å². The lowest BCUT2D eigenvalue weighted by Gasteiger charge is -2.29. The maximum absolute atomic E-state index is 14.1. The average Bonchev–Trinajstić information content (AvgIpc) is 3.77. The van der Waals surface area contributed by atoms with Crippen LogP contribution in [0.25, 0.3) is 22.9 Å². The van der Waals surface area contributed by atoms with Crippen LogP contribution >= 0.6 is 0 Å². The number of oxazole rings is 1. The lowest BCUT2D eigenvalue weighted by molar-refractivity contribution is 0.0443. The Balaban J connectivity index is 1.45. The van der Waals surface area contributed by atoms with Crippen LogP contribution in [0.3, 0.4) is 0 Å². The summed E-state index contributed by atoms with van der Waals surface area (Å²) in [7, 11) is 0. The molecule has 0 saturated heterocycles. The molecule has 2 aromatic carbocycles. The molecule has 3 aromatic heterocycles. The summed E-state index contributed by atoms with van der Waals surface area (Å²) >= 11 is 0. The molecule has 2 unspecified atom stereocenters. The van der Waals surface area contributed by atoms with Crippen molar-refractivity contribution in [3.63, 3.8) is 0 Å². The molecule has 5 rings (SSSR count). The molecule has 3 heterocycles. The molecule has 0 bridgehead atoms. The lowest BCUT2D eigenvalue weighted by Crippen LogP contribution is -2.47. The number of carbonyl (C=O) groups excluding carboxylic acids is 2. The quantitative estimate of drug-likeness (QED) is 0.125. The summed E-state index contributed by atoms with van der Waals surface area (Å²) in [6.07, 6.45) is 6.45. The standard InChI is InChI=1S/C37H40FN5O5/c1-6-25(14-10-16-30-29(38)15-11-17-39-30)31(44)26-20-27(32-40-18-19-46-32)22-28(21-26)33-42-43-34(47-33)37(5,23-24-12-8-7-9-13-24)41-35(45)48-36(2,3)4/h7-9,11-13,15,17-22,25H,6,10,14,16,23H2,1-5H3,(H,41,45). The third kappa shape index (κ3) is 8.58. The van der Waals surface area contributed by atoms with Crippen LogP contribution in [0.2, 0.25) is 0 Å². The van der Waals surface area contributed by atoms with Gasteiger partial charge in [0.1, 0.15) is 23.2 Å². The van der Waals surface area contributed by atoms with Gasteiger partial charge in [-0.3, -0.25) is 9.78 Å². The van der Waals surface area contributed by atoms with Crippen molar-refractivity contribution < 1.29 is 27.6 Å². The van der Waals surface area contributed by atoms with E-state index in [1.807, 2.05) is 37.3 Å². The maximum atomic E-state index is 14.1. The first-order chi connectivity index (χ1) is 22.9. The van der Waals surface area contributed by atoms with Crippen molar-refractivity contribution in [2.45, 2.75) is 77.9 Å². The van der Waals surface area contributed by atoms with Gasteiger partial charge in [0, 0.05) is 35.2 Å². The Bertz CT molecular complexity index is 1830. The molecule has 0 aliphatic carbocycles. The molecule has 11 heteroatoms. The van der Waals surface area contributed by atoms with Gasteiger partial charge in [-0.15, -0.1) is 10.2 Å². The summed E-state index contributed by atoms with van der Waals surface area (Å²) in [6, 6.07) is 17.8. The normalized spacial score (nSPS) is 13.5. The molecular weight excluding hydrogens is 613 g/mol. The van der Waals surface area contributed by atoms with E-state index in [9.17, 15) is 14.0 Å². The number of nitrogens with zero attached hydrogens (tertiary/aromatic N) is 4. The molecule has 2 atom stereocenters. The van der Waals surface area contributed by atoms with Gasteiger partial charge in [-0.2, -0.15) is 0 Å². The Hall–Kier alpha value is -5.19. The van der Waals surface area contributed by atoms with Gasteiger partial charge in [0.2, 0.25) is 17.7 Å². The SMILES string of the molecule is CCC(CCCc1ncccc1F)C(=O)c1cc(-c2ncco2)cc(-c2nnc(C(C)(Cc3ccccc3)NC(=O)OC(C)(C)C)o2)c1. The molecule has 5 aromatic rings. The Labute approximate surface area is 279 Å². The van der Waals surface area contributed by atoms with Gasteiger partial charge < -0.3 is 18.9 Å². The number of amides is 1. The predicted molar refractivity (Wildman–Crippen MR) is 177 cm³/mol. The van der Waals surface area contributed by atoms with E-state index in [2.05, 4.69) is 25.5 Å². The number of halogens is 1. The summed E-state index contributed by atoms with van der Waals surface area (Å²) in [6.45, 7) is 9.11. The Kier molecular flexibility index (Phi) is 10.5. The van der Waals surface area contributed by atoms with E-state index in [4.69, 9.17) is 13.6 Å². The van der Waals surface area contributed by atoms with E-state index in [0.29, 0.717) is 60.4 Å². The second kappa shape index (κ2) is 14.7. The van der Waals surface area contributed by atoms with Gasteiger partial charge in [0.05, 0.1) is 11.9 Å². The second-order valence-electron chi connectivity index (χ2n) is 13.0. The van der Waals surface area contributed by atoms with Crippen molar-refractivity contribution in [2.24, 2.45) is 5.92 Å². The zero-order chi connectivity index (χ0) is 34.3. The first kappa shape index (κ1) is 34.2. The number of hydrogen-bond donors (Lipinski definition) is 1. The number of rotatable bonds is 13. The molecule has 1 amide bonds. The van der Waals surface area contributed by atoms with E-state index in [1.54, 1.807) is 58.2 Å². The molecule has 0 fully saturated rings. The minimum atomic E-state index is -1.13. The maximum Gasteiger partial charge on any atom is 0.408 e. The lowest BCUT2D eigenvalue weighted by atomic mass is 9.89. The van der Waals surface area contributed by atoms with Crippen LogP contribution in [-0.2, 0) is 23.1 Å². The van der Waals surface area contributed by atoms with Gasteiger partial charge in [-0.25, -0.2) is 14.2 Å². The molecular formula is C37H40FN5O5. The predicted octanol–water partition coefficient (Wildman–Crippen LogP) is 8.14. The van der Waals surface area contributed by atoms with E-state index in [1.165, 1.54) is 18.5 Å². The molecule has 250 valence electrons. The van der Waals surface area contributed by atoms with Gasteiger partial charge >= 0.3 is 6.09 Å². The van der Waals surface area contributed by atoms with Crippen LogP contribution < -0.4 is 5.32 Å². The number of ketones is 1. The summed E-state index contributed by atoms with van der Waals surface area (Å²) in [5.41, 5.74) is 0.949. The number of pyridine rings is 1. The highest BCUT2D eigenvalue weighted by atomic mass is 19.1. The molecule has 0 aliphatic rings. The molecule has 0 saturated carbocycles. The minimum Gasteiger partial charge on any atom is -0.445 e. The number of Topliss-reactive ketones (excluding diaryl/α,β-unsaturated/α-hetero) is 1. The smallest absolute Gasteiger partial charge is 0.408 e. The fourth-order valence-electron chi connectivity index (χ4n) is 5.53. The van der Waals surface area contributed by atoms with E-state index in [0.717, 1.165) is 5.56 Å². The zero-order valence-electron chi connectivity index (χ0n) is 27.8. The highest BCUT2D eigenvalue weighted by molar-refractivity contribution is 5.99. The second-order valence-corrected chi connectivity index (χ2v) is 13.0. The zero-order valence-corrected chi connectivity index (χ0v) is 27.8. The summed E-state index contributed by atoms with van der Waals surface area (Å²) in [5, 5.41) is 11.6. The van der Waals surface area contributed by atoms with Crippen LogP contribution in [0.4, 0.5) is 9.18 Å². The van der Waals surface area contributed by atoms with Crippen LogP contribution in [0.5, 0.6) is 0 Å². The summed E-state index contributed by atoms with van der Waals surface area (Å²) < 4.78 is 31.5. The number of alkyl carbamates (subject to hydrolysis) is 1. The summed E-state index contributed by atoms with van der Waals surface area (Å²) in [5.74, 6) is -0.0972. The van der Waals surface area contributed by atoms with Crippen LogP contribution in [-0.4, -0.2) is 37.6 Å². The molecule has 1 N–H and O–H groups in total. The van der Waals surface area contributed by atoms with Gasteiger partial charge in [0.25, 0.3) is 0 Å². The largest absolute Gasteiger partial charge is 0.445 e. The van der Waals surface area contributed by atoms with E-state index in [-0.39, 0.29) is 29.3 Å². The van der Waals surface area contributed by atoms with E-state index >= 15 is 0 Å². The van der Waals surface area contributed by atoms with Crippen LogP contribution in [0, 0.1) is 11.7 Å². The fraction of sp³-hybridized carbons (Fsp3) is 0.351. The highest BCUT2D eigenvalue weighted by Crippen LogP contribution is 2.32. The molecule has 10 nitrogen and oxygen atoms in total. The Morgan fingerprint density at radius 1 is 0.938 bits per heavy atom. The van der Waals surface area contributed by atoms with E-state index < -0.39 is 17.2 Å². The van der Waals surface area contributed by atoms with Gasteiger partial charge in [-0.1, -0.05) is 37.3 Å². The number of nitrogens with one attached hydrogen (secondary N) is 1. The Morgan fingerprint density at radius 2 is 1.69 bits per heavy atom. The van der Waals surface area contributed by atoms with Gasteiger partial charge in [0.15, 0.2) is 5.78 Å². The van der Waals surface area contributed by atoms with Crippen molar-refractivity contribution >= 4 is 11.9 Å². The number of hydrogen-bond acceptors (Lipinski definition) is 9. The molecule has 0 spiro atoms. The highest BCUT2D eigenvalue weighted by Gasteiger charge is 2.37. The fourth-order valence-corrected chi connectivity index (χ4v) is 5.53. The number of aromatic nitrogens is 4. The topological polar surface area (TPSA) is 133 Å². The third-order valence-electron chi connectivity index (χ3n) is 7.88. The van der Waals surface area contributed by atoms with Crippen LogP contribution in [0.15, 0.2) is 88.2 Å². The molecule has 48 heavy (non-hydrogen) atoms.